The monoisotopic (exact) mass is 425 g/mol. The van der Waals surface area contributed by atoms with E-state index < -0.39 is 0 Å². The zero-order valence-corrected chi connectivity index (χ0v) is 18.4. The fourth-order valence-corrected chi connectivity index (χ4v) is 4.73. The van der Waals surface area contributed by atoms with Crippen molar-refractivity contribution >= 4 is 23.2 Å². The molecule has 3 aromatic heterocycles. The molecule has 0 aromatic carbocycles. The van der Waals surface area contributed by atoms with Crippen molar-refractivity contribution in [3.8, 4) is 10.6 Å². The number of anilines is 1. The number of nitrogens with zero attached hydrogens (tertiary/aromatic N) is 6. The number of aromatic nitrogens is 5. The summed E-state index contributed by atoms with van der Waals surface area (Å²) in [7, 11) is 0. The molecule has 30 heavy (non-hydrogen) atoms. The molecule has 158 valence electrons. The first kappa shape index (κ1) is 20.5. The van der Waals surface area contributed by atoms with E-state index in [2.05, 4.69) is 32.1 Å². The lowest BCUT2D eigenvalue weighted by Gasteiger charge is -2.17. The minimum absolute atomic E-state index is 0.0723. The van der Waals surface area contributed by atoms with Crippen LogP contribution in [0, 0.1) is 13.8 Å². The number of carbonyl (C=O) groups is 1. The lowest BCUT2D eigenvalue weighted by molar-refractivity contribution is -0.121. The van der Waals surface area contributed by atoms with E-state index in [-0.39, 0.29) is 11.9 Å². The topological polar surface area (TPSA) is 88.8 Å². The van der Waals surface area contributed by atoms with E-state index in [0.29, 0.717) is 18.9 Å². The van der Waals surface area contributed by atoms with Gasteiger partial charge >= 0.3 is 0 Å². The average Bonchev–Trinajstić information content (AvgIpc) is 3.46. The molecular formula is C21H27N7OS. The number of carbonyl (C=O) groups excluding carboxylic acids is 1. The van der Waals surface area contributed by atoms with Gasteiger partial charge in [0.05, 0.1) is 21.3 Å². The molecule has 3 aromatic rings. The third-order valence-corrected chi connectivity index (χ3v) is 6.41. The molecule has 4 heterocycles. The maximum Gasteiger partial charge on any atom is 0.225 e. The molecule has 1 unspecified atom stereocenters. The Labute approximate surface area is 180 Å². The van der Waals surface area contributed by atoms with E-state index in [0.717, 1.165) is 53.0 Å². The summed E-state index contributed by atoms with van der Waals surface area (Å²) in [5, 5.41) is 4.19. The zero-order chi connectivity index (χ0) is 21.1. The largest absolute Gasteiger partial charge is 0.351 e. The molecule has 0 bridgehead atoms. The lowest BCUT2D eigenvalue weighted by atomic mass is 10.2. The molecule has 0 aliphatic carbocycles. The molecule has 1 atom stereocenters. The Hall–Kier alpha value is -2.81. The van der Waals surface area contributed by atoms with Crippen molar-refractivity contribution in [1.82, 2.24) is 29.8 Å². The van der Waals surface area contributed by atoms with Crippen molar-refractivity contribution in [3.63, 3.8) is 0 Å². The molecule has 0 spiro atoms. The number of aryl methyl sites for hydroxylation is 4. The van der Waals surface area contributed by atoms with Crippen LogP contribution in [0.2, 0.25) is 0 Å². The van der Waals surface area contributed by atoms with Gasteiger partial charge in [-0.3, -0.25) is 4.79 Å². The SMILES string of the molecule is CCc1nccn1CCC(=O)NC1CCN(c2nccc(-c3sc(C)nc3C)n2)C1. The van der Waals surface area contributed by atoms with Gasteiger partial charge in [-0.15, -0.1) is 11.3 Å². The molecule has 0 radical (unpaired) electrons. The first-order valence-electron chi connectivity index (χ1n) is 10.3. The lowest BCUT2D eigenvalue weighted by Crippen LogP contribution is -2.37. The molecular weight excluding hydrogens is 398 g/mol. The van der Waals surface area contributed by atoms with Crippen LogP contribution >= 0.6 is 11.3 Å². The van der Waals surface area contributed by atoms with Gasteiger partial charge in [0, 0.05) is 57.1 Å². The highest BCUT2D eigenvalue weighted by Gasteiger charge is 2.26. The van der Waals surface area contributed by atoms with Gasteiger partial charge in [0.25, 0.3) is 0 Å². The molecule has 8 nitrogen and oxygen atoms in total. The zero-order valence-electron chi connectivity index (χ0n) is 17.6. The van der Waals surface area contributed by atoms with Gasteiger partial charge in [0.2, 0.25) is 11.9 Å². The third kappa shape index (κ3) is 4.51. The Bertz CT molecular complexity index is 1030. The van der Waals surface area contributed by atoms with E-state index in [4.69, 9.17) is 4.98 Å². The van der Waals surface area contributed by atoms with Crippen molar-refractivity contribution in [2.45, 2.75) is 52.6 Å². The molecule has 1 saturated heterocycles. The van der Waals surface area contributed by atoms with E-state index in [1.165, 1.54) is 0 Å². The third-order valence-electron chi connectivity index (χ3n) is 5.31. The minimum Gasteiger partial charge on any atom is -0.351 e. The quantitative estimate of drug-likeness (QED) is 0.626. The van der Waals surface area contributed by atoms with Gasteiger partial charge in [-0.25, -0.2) is 19.9 Å². The first-order chi connectivity index (χ1) is 14.5. The van der Waals surface area contributed by atoms with Crippen molar-refractivity contribution in [3.05, 3.63) is 41.2 Å². The fourth-order valence-electron chi connectivity index (χ4n) is 3.84. The number of rotatable bonds is 7. The van der Waals surface area contributed by atoms with E-state index in [1.807, 2.05) is 30.7 Å². The molecule has 0 saturated carbocycles. The number of thiazole rings is 1. The molecule has 4 rings (SSSR count). The van der Waals surface area contributed by atoms with Crippen LogP contribution in [0.4, 0.5) is 5.95 Å². The first-order valence-corrected chi connectivity index (χ1v) is 11.2. The Morgan fingerprint density at radius 2 is 2.13 bits per heavy atom. The predicted octanol–water partition coefficient (Wildman–Crippen LogP) is 2.76. The van der Waals surface area contributed by atoms with Crippen LogP contribution in [0.15, 0.2) is 24.7 Å². The second-order valence-electron chi connectivity index (χ2n) is 7.53. The molecule has 1 aliphatic rings. The van der Waals surface area contributed by atoms with Crippen LogP contribution in [0.3, 0.4) is 0 Å². The van der Waals surface area contributed by atoms with E-state index >= 15 is 0 Å². The van der Waals surface area contributed by atoms with Crippen molar-refractivity contribution in [1.29, 1.82) is 0 Å². The Morgan fingerprint density at radius 1 is 1.27 bits per heavy atom. The summed E-state index contributed by atoms with van der Waals surface area (Å²) in [6.45, 7) is 8.30. The fraction of sp³-hybridized carbons (Fsp3) is 0.476. The maximum atomic E-state index is 12.4. The molecule has 1 fully saturated rings. The summed E-state index contributed by atoms with van der Waals surface area (Å²) < 4.78 is 2.04. The summed E-state index contributed by atoms with van der Waals surface area (Å²) in [6, 6.07) is 2.05. The van der Waals surface area contributed by atoms with Gasteiger partial charge in [0.1, 0.15) is 5.82 Å². The number of imidazole rings is 1. The Morgan fingerprint density at radius 3 is 2.90 bits per heavy atom. The minimum atomic E-state index is 0.0723. The standard InChI is InChI=1S/C21H27N7OS/c1-4-18-22-9-12-27(18)11-7-19(29)25-16-6-10-28(13-16)21-23-8-5-17(26-21)20-14(2)24-15(3)30-20/h5,8-9,12,16H,4,6-7,10-11,13H2,1-3H3,(H,25,29). The Balaban J connectivity index is 1.34. The van der Waals surface area contributed by atoms with E-state index in [9.17, 15) is 4.79 Å². The van der Waals surface area contributed by atoms with Gasteiger partial charge < -0.3 is 14.8 Å². The summed E-state index contributed by atoms with van der Waals surface area (Å²) in [4.78, 5) is 33.7. The highest BCUT2D eigenvalue weighted by molar-refractivity contribution is 7.15. The van der Waals surface area contributed by atoms with E-state index in [1.54, 1.807) is 23.7 Å². The molecule has 1 aliphatic heterocycles. The average molecular weight is 426 g/mol. The van der Waals surface area contributed by atoms with Crippen molar-refractivity contribution in [2.24, 2.45) is 0 Å². The summed E-state index contributed by atoms with van der Waals surface area (Å²) >= 11 is 1.65. The highest BCUT2D eigenvalue weighted by Crippen LogP contribution is 2.29. The van der Waals surface area contributed by atoms with Gasteiger partial charge in [-0.2, -0.15) is 0 Å². The molecule has 1 N–H and O–H groups in total. The predicted molar refractivity (Wildman–Crippen MR) is 118 cm³/mol. The second-order valence-corrected chi connectivity index (χ2v) is 8.73. The highest BCUT2D eigenvalue weighted by atomic mass is 32.1. The van der Waals surface area contributed by atoms with Crippen molar-refractivity contribution in [2.75, 3.05) is 18.0 Å². The van der Waals surface area contributed by atoms with Crippen LogP contribution in [-0.4, -0.2) is 49.5 Å². The number of hydrogen-bond acceptors (Lipinski definition) is 7. The van der Waals surface area contributed by atoms with Crippen LogP contribution in [0.25, 0.3) is 10.6 Å². The van der Waals surface area contributed by atoms with Gasteiger partial charge in [-0.05, 0) is 26.3 Å². The van der Waals surface area contributed by atoms with Crippen LogP contribution in [0.1, 0.15) is 36.3 Å². The number of amides is 1. The maximum absolute atomic E-state index is 12.4. The Kier molecular flexibility index (Phi) is 6.08. The number of nitrogens with one attached hydrogen (secondary N) is 1. The number of hydrogen-bond donors (Lipinski definition) is 1. The second kappa shape index (κ2) is 8.91. The smallest absolute Gasteiger partial charge is 0.225 e. The normalized spacial score (nSPS) is 16.2. The summed E-state index contributed by atoms with van der Waals surface area (Å²) in [5.74, 6) is 1.79. The summed E-state index contributed by atoms with van der Waals surface area (Å²) in [5.41, 5.74) is 1.90. The van der Waals surface area contributed by atoms with Gasteiger partial charge in [0.15, 0.2) is 0 Å². The van der Waals surface area contributed by atoms with Crippen LogP contribution < -0.4 is 10.2 Å². The van der Waals surface area contributed by atoms with Gasteiger partial charge in [-0.1, -0.05) is 6.92 Å². The molecule has 1 amide bonds. The molecule has 9 heteroatoms. The van der Waals surface area contributed by atoms with Crippen LogP contribution in [0.5, 0.6) is 0 Å². The van der Waals surface area contributed by atoms with Crippen LogP contribution in [-0.2, 0) is 17.8 Å². The summed E-state index contributed by atoms with van der Waals surface area (Å²) in [6.07, 6.45) is 7.73. The van der Waals surface area contributed by atoms with Crippen molar-refractivity contribution < 1.29 is 4.79 Å².